The average Bonchev–Trinajstić information content (AvgIpc) is 3.41. The molecular weight excluding hydrogens is 404 g/mol. The van der Waals surface area contributed by atoms with Crippen LogP contribution in [-0.4, -0.2) is 70.0 Å². The van der Waals surface area contributed by atoms with E-state index in [1.54, 1.807) is 6.20 Å². The lowest BCUT2D eigenvalue weighted by atomic mass is 10.0. The van der Waals surface area contributed by atoms with Gasteiger partial charge in [-0.25, -0.2) is 4.79 Å². The smallest absolute Gasteiger partial charge is 0.336 e. The van der Waals surface area contributed by atoms with Crippen molar-refractivity contribution < 1.29 is 29.0 Å². The number of aromatic amines is 1. The van der Waals surface area contributed by atoms with Crippen LogP contribution in [-0.2, 0) is 30.3 Å². The molecule has 2 heterocycles. The summed E-state index contributed by atoms with van der Waals surface area (Å²) in [6, 6.07) is 6.59. The largest absolute Gasteiger partial charge is 0.479 e. The first-order chi connectivity index (χ1) is 14.7. The number of para-hydroxylation sites is 1. The van der Waals surface area contributed by atoms with Crippen LogP contribution in [0.5, 0.6) is 0 Å². The fourth-order valence-corrected chi connectivity index (χ4v) is 3.50. The highest BCUT2D eigenvalue weighted by Gasteiger charge is 2.52. The second-order valence-corrected chi connectivity index (χ2v) is 8.01. The van der Waals surface area contributed by atoms with Crippen LogP contribution >= 0.6 is 0 Å². The molecule has 31 heavy (non-hydrogen) atoms. The van der Waals surface area contributed by atoms with Gasteiger partial charge in [0.2, 0.25) is 11.8 Å². The number of carboxylic acids is 1. The fourth-order valence-electron chi connectivity index (χ4n) is 3.50. The van der Waals surface area contributed by atoms with Gasteiger partial charge in [0.15, 0.2) is 12.2 Å². The van der Waals surface area contributed by atoms with E-state index in [0.29, 0.717) is 0 Å². The number of carbonyl (C=O) groups excluding carboxylic acids is 3. The van der Waals surface area contributed by atoms with Crippen LogP contribution in [0.4, 0.5) is 0 Å². The zero-order valence-corrected chi connectivity index (χ0v) is 17.3. The van der Waals surface area contributed by atoms with E-state index in [1.807, 2.05) is 38.1 Å². The summed E-state index contributed by atoms with van der Waals surface area (Å²) in [6.07, 6.45) is -0.332. The first kappa shape index (κ1) is 22.3. The van der Waals surface area contributed by atoms with Crippen molar-refractivity contribution in [1.82, 2.24) is 15.2 Å². The van der Waals surface area contributed by atoms with E-state index in [1.165, 1.54) is 4.90 Å². The molecule has 3 amide bonds. The number of ether oxygens (including phenoxy) is 1. The summed E-state index contributed by atoms with van der Waals surface area (Å²) >= 11 is 0. The summed E-state index contributed by atoms with van der Waals surface area (Å²) in [7, 11) is 0. The number of hydrogen-bond donors (Lipinski definition) is 4. The molecule has 1 aromatic heterocycles. The molecular formula is C21H26N4O6. The maximum absolute atomic E-state index is 12.6. The van der Waals surface area contributed by atoms with E-state index in [4.69, 9.17) is 15.6 Å². The zero-order valence-electron chi connectivity index (χ0n) is 17.3. The molecule has 1 unspecified atom stereocenters. The van der Waals surface area contributed by atoms with Crippen molar-refractivity contribution in [3.05, 3.63) is 36.0 Å². The molecule has 0 aliphatic carbocycles. The van der Waals surface area contributed by atoms with Crippen molar-refractivity contribution in [3.63, 3.8) is 0 Å². The molecule has 3 rings (SSSR count). The molecule has 0 radical (unpaired) electrons. The number of epoxide rings is 1. The third-order valence-corrected chi connectivity index (χ3v) is 4.99. The van der Waals surface area contributed by atoms with Gasteiger partial charge in [0.05, 0.1) is 6.54 Å². The molecule has 0 spiro atoms. The molecule has 166 valence electrons. The summed E-state index contributed by atoms with van der Waals surface area (Å²) < 4.78 is 4.91. The highest BCUT2D eigenvalue weighted by molar-refractivity contribution is 5.95. The Hall–Kier alpha value is -3.40. The summed E-state index contributed by atoms with van der Waals surface area (Å²) in [6.45, 7) is 3.64. The number of carboxylic acid groups (broad SMARTS) is 1. The summed E-state index contributed by atoms with van der Waals surface area (Å²) in [5.74, 6) is -3.01. The van der Waals surface area contributed by atoms with Crippen molar-refractivity contribution in [2.24, 2.45) is 11.7 Å². The number of hydrogen-bond acceptors (Lipinski definition) is 5. The Morgan fingerprint density at radius 1 is 1.23 bits per heavy atom. The molecule has 1 fully saturated rings. The van der Waals surface area contributed by atoms with Crippen molar-refractivity contribution in [3.8, 4) is 0 Å². The topological polar surface area (TPSA) is 158 Å². The second-order valence-electron chi connectivity index (χ2n) is 8.01. The van der Waals surface area contributed by atoms with Crippen LogP contribution in [0, 0.1) is 5.92 Å². The van der Waals surface area contributed by atoms with Crippen LogP contribution in [0.1, 0.15) is 19.4 Å². The summed E-state index contributed by atoms with van der Waals surface area (Å²) in [5.41, 5.74) is 7.22. The average molecular weight is 430 g/mol. The zero-order chi connectivity index (χ0) is 22.7. The number of aliphatic carboxylic acids is 1. The number of aromatic nitrogens is 1. The van der Waals surface area contributed by atoms with E-state index < -0.39 is 41.9 Å². The maximum Gasteiger partial charge on any atom is 0.336 e. The quantitative estimate of drug-likeness (QED) is 0.389. The predicted molar refractivity (Wildman–Crippen MR) is 111 cm³/mol. The number of primary amides is 1. The maximum atomic E-state index is 12.6. The number of nitrogens with two attached hydrogens (primary N) is 1. The van der Waals surface area contributed by atoms with Crippen LogP contribution in [0.2, 0.25) is 0 Å². The standard InChI is InChI=1S/C21H26N4O6/c1-11(2)9-25(20(28)17-18(31-17)21(29)30)10-16(26)24-15(19(22)27)7-12-8-23-14-6-4-3-5-13(12)14/h3-6,8,11,15,17-18,23H,7,9-10H2,1-2H3,(H2,22,27)(H,24,26)(H,29,30)/t15-,17-,18?/m0/s1. The van der Waals surface area contributed by atoms with Crippen LogP contribution in [0.25, 0.3) is 10.9 Å². The van der Waals surface area contributed by atoms with Crippen LogP contribution < -0.4 is 11.1 Å². The van der Waals surface area contributed by atoms with Gasteiger partial charge in [0.1, 0.15) is 6.04 Å². The minimum atomic E-state index is -1.22. The Kier molecular flexibility index (Phi) is 6.59. The van der Waals surface area contributed by atoms with Crippen molar-refractivity contribution in [2.75, 3.05) is 13.1 Å². The third kappa shape index (κ3) is 5.40. The van der Waals surface area contributed by atoms with E-state index in [9.17, 15) is 19.2 Å². The lowest BCUT2D eigenvalue weighted by Gasteiger charge is -2.24. The monoisotopic (exact) mass is 430 g/mol. The van der Waals surface area contributed by atoms with Crippen molar-refractivity contribution in [2.45, 2.75) is 38.5 Å². The van der Waals surface area contributed by atoms with Crippen molar-refractivity contribution in [1.29, 1.82) is 0 Å². The third-order valence-electron chi connectivity index (χ3n) is 4.99. The molecule has 0 bridgehead atoms. The fraction of sp³-hybridized carbons (Fsp3) is 0.429. The number of H-pyrrole nitrogens is 1. The summed E-state index contributed by atoms with van der Waals surface area (Å²) in [5, 5.41) is 12.5. The van der Waals surface area contributed by atoms with Gasteiger partial charge in [-0.2, -0.15) is 0 Å². The number of nitrogens with zero attached hydrogens (tertiary/aromatic N) is 1. The van der Waals surface area contributed by atoms with E-state index >= 15 is 0 Å². The van der Waals surface area contributed by atoms with Gasteiger partial charge in [-0.05, 0) is 17.5 Å². The minimum absolute atomic E-state index is 0.0388. The van der Waals surface area contributed by atoms with Gasteiger partial charge in [-0.1, -0.05) is 32.0 Å². The van der Waals surface area contributed by atoms with Gasteiger partial charge in [0, 0.05) is 30.1 Å². The normalized spacial score (nSPS) is 18.5. The minimum Gasteiger partial charge on any atom is -0.479 e. The van der Waals surface area contributed by atoms with Gasteiger partial charge >= 0.3 is 5.97 Å². The number of nitrogens with one attached hydrogen (secondary N) is 2. The van der Waals surface area contributed by atoms with Crippen LogP contribution in [0.3, 0.4) is 0 Å². The van der Waals surface area contributed by atoms with Gasteiger partial charge < -0.3 is 30.8 Å². The molecule has 10 nitrogen and oxygen atoms in total. The number of benzene rings is 1. The van der Waals surface area contributed by atoms with Crippen molar-refractivity contribution >= 4 is 34.6 Å². The van der Waals surface area contributed by atoms with Gasteiger partial charge in [-0.3, -0.25) is 14.4 Å². The Balaban J connectivity index is 1.66. The predicted octanol–water partition coefficient (Wildman–Crippen LogP) is 0.0171. The van der Waals surface area contributed by atoms with E-state index in [2.05, 4.69) is 10.3 Å². The lowest BCUT2D eigenvalue weighted by Crippen LogP contribution is -2.51. The number of rotatable bonds is 10. The molecule has 0 saturated carbocycles. The first-order valence-corrected chi connectivity index (χ1v) is 9.98. The van der Waals surface area contributed by atoms with Gasteiger partial charge in [0.25, 0.3) is 5.91 Å². The number of amides is 3. The number of carbonyl (C=O) groups is 4. The first-order valence-electron chi connectivity index (χ1n) is 9.98. The Labute approximate surface area is 178 Å². The molecule has 1 aliphatic heterocycles. The number of fused-ring (bicyclic) bond motifs is 1. The Morgan fingerprint density at radius 3 is 2.55 bits per heavy atom. The molecule has 1 aliphatic rings. The molecule has 1 aromatic carbocycles. The molecule has 3 atom stereocenters. The van der Waals surface area contributed by atoms with E-state index in [-0.39, 0.29) is 25.4 Å². The van der Waals surface area contributed by atoms with Gasteiger partial charge in [-0.15, -0.1) is 0 Å². The molecule has 2 aromatic rings. The molecule has 10 heteroatoms. The van der Waals surface area contributed by atoms with E-state index in [0.717, 1.165) is 16.5 Å². The highest BCUT2D eigenvalue weighted by atomic mass is 16.6. The highest BCUT2D eigenvalue weighted by Crippen LogP contribution is 2.25. The second kappa shape index (κ2) is 9.17. The lowest BCUT2D eigenvalue weighted by molar-refractivity contribution is -0.139. The Bertz CT molecular complexity index is 1000. The Morgan fingerprint density at radius 2 is 1.94 bits per heavy atom. The SMILES string of the molecule is CC(C)CN(CC(=O)N[C@@H](Cc1c[nH]c2ccccc12)C(N)=O)C(=O)[C@H]1OC1C(=O)O. The summed E-state index contributed by atoms with van der Waals surface area (Å²) in [4.78, 5) is 52.5. The molecule has 1 saturated heterocycles. The molecule has 5 N–H and O–H groups in total. The van der Waals surface area contributed by atoms with Crippen LogP contribution in [0.15, 0.2) is 30.5 Å².